The summed E-state index contributed by atoms with van der Waals surface area (Å²) in [7, 11) is 0. The third kappa shape index (κ3) is 5.50. The van der Waals surface area contributed by atoms with Crippen LogP contribution in [0.2, 0.25) is 0 Å². The van der Waals surface area contributed by atoms with Gasteiger partial charge in [-0.25, -0.2) is 0 Å². The number of carbonyl (C=O) groups excluding carboxylic acids is 1. The van der Waals surface area contributed by atoms with E-state index in [2.05, 4.69) is 17.6 Å². The molecule has 1 rings (SSSR count). The summed E-state index contributed by atoms with van der Waals surface area (Å²) < 4.78 is 0. The zero-order valence-electron chi connectivity index (χ0n) is 10.7. The van der Waals surface area contributed by atoms with E-state index in [0.29, 0.717) is 12.5 Å². The molecule has 0 spiro atoms. The topological polar surface area (TPSA) is 41.1 Å². The largest absolute Gasteiger partial charge is 0.356 e. The van der Waals surface area contributed by atoms with Gasteiger partial charge in [0.15, 0.2) is 0 Å². The van der Waals surface area contributed by atoms with Crippen molar-refractivity contribution in [3.05, 3.63) is 0 Å². The van der Waals surface area contributed by atoms with Crippen molar-refractivity contribution >= 4 is 5.91 Å². The second-order valence-electron chi connectivity index (χ2n) is 4.97. The van der Waals surface area contributed by atoms with Crippen LogP contribution in [0, 0.1) is 5.92 Å². The lowest BCUT2D eigenvalue weighted by Crippen LogP contribution is -2.33. The van der Waals surface area contributed by atoms with Gasteiger partial charge in [0.1, 0.15) is 0 Å². The highest BCUT2D eigenvalue weighted by atomic mass is 16.1. The Hall–Kier alpha value is -0.570. The maximum absolute atomic E-state index is 11.3. The van der Waals surface area contributed by atoms with Crippen molar-refractivity contribution in [3.8, 4) is 0 Å². The molecule has 0 aliphatic heterocycles. The molecule has 3 heteroatoms. The van der Waals surface area contributed by atoms with Crippen LogP contribution in [-0.2, 0) is 4.79 Å². The molecular weight excluding hydrogens is 200 g/mol. The summed E-state index contributed by atoms with van der Waals surface area (Å²) in [5, 5.41) is 6.33. The van der Waals surface area contributed by atoms with Gasteiger partial charge in [0, 0.05) is 25.6 Å². The van der Waals surface area contributed by atoms with E-state index in [4.69, 9.17) is 0 Å². The molecule has 2 N–H and O–H groups in total. The zero-order valence-corrected chi connectivity index (χ0v) is 10.7. The number of amides is 1. The first-order chi connectivity index (χ1) is 7.72. The molecule has 1 fully saturated rings. The van der Waals surface area contributed by atoms with Crippen molar-refractivity contribution in [2.45, 2.75) is 58.4 Å². The molecule has 0 heterocycles. The molecule has 3 nitrogen and oxygen atoms in total. The second kappa shape index (κ2) is 7.66. The summed E-state index contributed by atoms with van der Waals surface area (Å²) >= 11 is 0. The Labute approximate surface area is 99.4 Å². The molecule has 0 aromatic heterocycles. The highest BCUT2D eigenvalue weighted by Gasteiger charge is 2.15. The van der Waals surface area contributed by atoms with Crippen LogP contribution in [0.15, 0.2) is 0 Å². The molecule has 0 radical (unpaired) electrons. The molecule has 16 heavy (non-hydrogen) atoms. The predicted octanol–water partition coefficient (Wildman–Crippen LogP) is 2.07. The van der Waals surface area contributed by atoms with E-state index in [-0.39, 0.29) is 5.91 Å². The fourth-order valence-electron chi connectivity index (χ4n) is 2.37. The molecule has 2 atom stereocenters. The number of hydrogen-bond donors (Lipinski definition) is 2. The molecule has 94 valence electrons. The molecule has 1 amide bonds. The van der Waals surface area contributed by atoms with E-state index in [1.807, 2.05) is 6.92 Å². The van der Waals surface area contributed by atoms with Crippen molar-refractivity contribution in [2.75, 3.05) is 13.1 Å². The van der Waals surface area contributed by atoms with Crippen molar-refractivity contribution in [1.82, 2.24) is 10.6 Å². The average Bonchev–Trinajstić information content (AvgIpc) is 2.44. The number of nitrogens with one attached hydrogen (secondary N) is 2. The fraction of sp³-hybridized carbons (Fsp3) is 0.923. The fourth-order valence-corrected chi connectivity index (χ4v) is 2.37. The standard InChI is InChI=1S/C13H26N2O/c1-3-14-13(16)9-10-15-12-6-4-5-11(2)7-8-12/h11-12,15H,3-10H2,1-2H3,(H,14,16). The van der Waals surface area contributed by atoms with Crippen molar-refractivity contribution < 1.29 is 4.79 Å². The lowest BCUT2D eigenvalue weighted by atomic mass is 10.0. The SMILES string of the molecule is CCNC(=O)CCNC1CCCC(C)CC1. The van der Waals surface area contributed by atoms with Crippen LogP contribution < -0.4 is 10.6 Å². The molecule has 1 aliphatic rings. The lowest BCUT2D eigenvalue weighted by Gasteiger charge is -2.16. The Morgan fingerprint density at radius 1 is 1.25 bits per heavy atom. The van der Waals surface area contributed by atoms with Crippen LogP contribution in [0.3, 0.4) is 0 Å². The van der Waals surface area contributed by atoms with Crippen LogP contribution in [0.25, 0.3) is 0 Å². The summed E-state index contributed by atoms with van der Waals surface area (Å²) in [5.41, 5.74) is 0. The Morgan fingerprint density at radius 2 is 2.06 bits per heavy atom. The summed E-state index contributed by atoms with van der Waals surface area (Å²) in [6.45, 7) is 5.86. The minimum absolute atomic E-state index is 0.164. The Morgan fingerprint density at radius 3 is 2.81 bits per heavy atom. The third-order valence-electron chi connectivity index (χ3n) is 3.42. The van der Waals surface area contributed by atoms with Crippen molar-refractivity contribution in [1.29, 1.82) is 0 Å². The van der Waals surface area contributed by atoms with Crippen molar-refractivity contribution in [2.24, 2.45) is 5.92 Å². The summed E-state index contributed by atoms with van der Waals surface area (Å²) in [6.07, 6.45) is 7.20. The zero-order chi connectivity index (χ0) is 11.8. The molecule has 0 saturated heterocycles. The first-order valence-electron chi connectivity index (χ1n) is 6.72. The third-order valence-corrected chi connectivity index (χ3v) is 3.42. The van der Waals surface area contributed by atoms with Crippen LogP contribution >= 0.6 is 0 Å². The average molecular weight is 226 g/mol. The quantitative estimate of drug-likeness (QED) is 0.705. The van der Waals surface area contributed by atoms with Crippen LogP contribution in [0.1, 0.15) is 52.4 Å². The van der Waals surface area contributed by atoms with Gasteiger partial charge in [-0.1, -0.05) is 19.8 Å². The van der Waals surface area contributed by atoms with E-state index in [1.54, 1.807) is 0 Å². The van der Waals surface area contributed by atoms with Gasteiger partial charge in [-0.15, -0.1) is 0 Å². The summed E-state index contributed by atoms with van der Waals surface area (Å²) in [4.78, 5) is 11.3. The van der Waals surface area contributed by atoms with E-state index < -0.39 is 0 Å². The maximum atomic E-state index is 11.3. The van der Waals surface area contributed by atoms with Gasteiger partial charge in [-0.3, -0.25) is 4.79 Å². The normalized spacial score (nSPS) is 26.1. The van der Waals surface area contributed by atoms with Gasteiger partial charge < -0.3 is 10.6 Å². The van der Waals surface area contributed by atoms with E-state index >= 15 is 0 Å². The van der Waals surface area contributed by atoms with Crippen LogP contribution in [-0.4, -0.2) is 25.0 Å². The van der Waals surface area contributed by atoms with E-state index in [9.17, 15) is 4.79 Å². The molecular formula is C13H26N2O. The van der Waals surface area contributed by atoms with Gasteiger partial charge >= 0.3 is 0 Å². The molecule has 2 unspecified atom stereocenters. The molecule has 0 bridgehead atoms. The summed E-state index contributed by atoms with van der Waals surface area (Å²) in [6, 6.07) is 0.638. The maximum Gasteiger partial charge on any atom is 0.221 e. The van der Waals surface area contributed by atoms with Crippen molar-refractivity contribution in [3.63, 3.8) is 0 Å². The Bertz CT molecular complexity index is 206. The second-order valence-corrected chi connectivity index (χ2v) is 4.97. The Kier molecular flexibility index (Phi) is 6.46. The number of rotatable bonds is 5. The predicted molar refractivity (Wildman–Crippen MR) is 67.3 cm³/mol. The van der Waals surface area contributed by atoms with Crippen LogP contribution in [0.5, 0.6) is 0 Å². The minimum Gasteiger partial charge on any atom is -0.356 e. The van der Waals surface area contributed by atoms with Gasteiger partial charge in [0.05, 0.1) is 0 Å². The first-order valence-corrected chi connectivity index (χ1v) is 6.72. The molecule has 0 aromatic rings. The van der Waals surface area contributed by atoms with Gasteiger partial charge in [-0.2, -0.15) is 0 Å². The number of hydrogen-bond acceptors (Lipinski definition) is 2. The number of carbonyl (C=O) groups is 1. The van der Waals surface area contributed by atoms with E-state index in [0.717, 1.165) is 19.0 Å². The smallest absolute Gasteiger partial charge is 0.221 e. The highest BCUT2D eigenvalue weighted by molar-refractivity contribution is 5.75. The van der Waals surface area contributed by atoms with Crippen LogP contribution in [0.4, 0.5) is 0 Å². The van der Waals surface area contributed by atoms with E-state index in [1.165, 1.54) is 32.1 Å². The highest BCUT2D eigenvalue weighted by Crippen LogP contribution is 2.22. The first kappa shape index (κ1) is 13.5. The minimum atomic E-state index is 0.164. The van der Waals surface area contributed by atoms with Gasteiger partial charge in [-0.05, 0) is 32.1 Å². The summed E-state index contributed by atoms with van der Waals surface area (Å²) in [5.74, 6) is 1.05. The molecule has 1 saturated carbocycles. The van der Waals surface area contributed by atoms with Gasteiger partial charge in [0.2, 0.25) is 5.91 Å². The lowest BCUT2D eigenvalue weighted by molar-refractivity contribution is -0.120. The van der Waals surface area contributed by atoms with Gasteiger partial charge in [0.25, 0.3) is 0 Å². The Balaban J connectivity index is 2.10. The monoisotopic (exact) mass is 226 g/mol. The molecule has 1 aliphatic carbocycles. The molecule has 0 aromatic carbocycles.